The van der Waals surface area contributed by atoms with Gasteiger partial charge in [-0.15, -0.1) is 10.2 Å². The van der Waals surface area contributed by atoms with Crippen molar-refractivity contribution in [2.45, 2.75) is 45.7 Å². The van der Waals surface area contributed by atoms with E-state index in [4.69, 9.17) is 14.7 Å². The number of anilines is 2. The van der Waals surface area contributed by atoms with Gasteiger partial charge in [0.25, 0.3) is 0 Å². The van der Waals surface area contributed by atoms with Crippen molar-refractivity contribution in [2.75, 3.05) is 50.6 Å². The van der Waals surface area contributed by atoms with Crippen LogP contribution in [0.3, 0.4) is 0 Å². The Balaban J connectivity index is 1.34. The molecule has 0 bridgehead atoms. The number of nitrogens with zero attached hydrogens (tertiary/aromatic N) is 8. The molecule has 2 aromatic heterocycles. The van der Waals surface area contributed by atoms with Gasteiger partial charge in [0, 0.05) is 49.2 Å². The summed E-state index contributed by atoms with van der Waals surface area (Å²) in [7, 11) is 8.29. The molecule has 0 saturated heterocycles. The SMILES string of the molecule is CCc1cccc2cccc(N3CCc4c(nc(OCC5(CN(C)C)CC5)nc4N(C)Cc4nncn4C)C3)c12. The molecule has 9 heteroatoms. The van der Waals surface area contributed by atoms with Crippen LogP contribution in [-0.2, 0) is 33.0 Å². The van der Waals surface area contributed by atoms with E-state index in [9.17, 15) is 0 Å². The number of fused-ring (bicyclic) bond motifs is 2. The molecule has 2 aliphatic rings. The van der Waals surface area contributed by atoms with E-state index < -0.39 is 0 Å². The predicted molar refractivity (Wildman–Crippen MR) is 159 cm³/mol. The molecule has 4 aromatic rings. The average molecular weight is 541 g/mol. The molecule has 2 aromatic carbocycles. The van der Waals surface area contributed by atoms with Crippen molar-refractivity contribution >= 4 is 22.3 Å². The summed E-state index contributed by atoms with van der Waals surface area (Å²) >= 11 is 0. The van der Waals surface area contributed by atoms with Crippen LogP contribution in [0.25, 0.3) is 10.8 Å². The molecule has 9 nitrogen and oxygen atoms in total. The Labute approximate surface area is 236 Å². The van der Waals surface area contributed by atoms with E-state index in [2.05, 4.69) is 89.4 Å². The van der Waals surface area contributed by atoms with E-state index in [0.717, 1.165) is 49.8 Å². The fraction of sp³-hybridized carbons (Fsp3) is 0.484. The first-order valence-electron chi connectivity index (χ1n) is 14.3. The standard InChI is InChI=1S/C31H40N8O/c1-6-22-9-7-10-23-11-8-12-26(28(22)23)39-16-13-24-25(17-39)33-30(40-20-31(14-15-31)19-36(2)3)34-29(24)37(4)18-27-35-32-21-38(27)5/h7-12,21H,6,13-20H2,1-5H3. The maximum Gasteiger partial charge on any atom is 0.318 e. The van der Waals surface area contributed by atoms with Gasteiger partial charge in [0.1, 0.15) is 12.1 Å². The molecule has 6 rings (SSSR count). The molecular formula is C31H40N8O. The Hall–Kier alpha value is -3.72. The molecule has 1 aliphatic carbocycles. The lowest BCUT2D eigenvalue weighted by atomic mass is 9.98. The van der Waals surface area contributed by atoms with Gasteiger partial charge in [-0.1, -0.05) is 37.3 Å². The highest BCUT2D eigenvalue weighted by molar-refractivity contribution is 5.97. The summed E-state index contributed by atoms with van der Waals surface area (Å²) < 4.78 is 8.32. The molecule has 1 saturated carbocycles. The quantitative estimate of drug-likeness (QED) is 0.296. The summed E-state index contributed by atoms with van der Waals surface area (Å²) in [6.07, 6.45) is 5.97. The first-order chi connectivity index (χ1) is 19.4. The first-order valence-corrected chi connectivity index (χ1v) is 14.3. The second-order valence-corrected chi connectivity index (χ2v) is 11.8. The van der Waals surface area contributed by atoms with Gasteiger partial charge in [-0.3, -0.25) is 0 Å². The number of ether oxygens (including phenoxy) is 1. The van der Waals surface area contributed by atoms with E-state index in [1.54, 1.807) is 6.33 Å². The van der Waals surface area contributed by atoms with Gasteiger partial charge in [-0.2, -0.15) is 9.97 Å². The van der Waals surface area contributed by atoms with Crippen molar-refractivity contribution in [3.05, 3.63) is 65.4 Å². The Morgan fingerprint density at radius 2 is 1.85 bits per heavy atom. The van der Waals surface area contributed by atoms with Crippen LogP contribution in [0.1, 0.15) is 42.4 Å². The van der Waals surface area contributed by atoms with Crippen molar-refractivity contribution in [2.24, 2.45) is 12.5 Å². The lowest BCUT2D eigenvalue weighted by molar-refractivity contribution is 0.182. The molecule has 0 radical (unpaired) electrons. The average Bonchev–Trinajstić information content (AvgIpc) is 3.60. The molecule has 1 fully saturated rings. The van der Waals surface area contributed by atoms with Crippen LogP contribution in [0.4, 0.5) is 11.5 Å². The highest BCUT2D eigenvalue weighted by Crippen LogP contribution is 2.46. The topological polar surface area (TPSA) is 75.4 Å². The lowest BCUT2D eigenvalue weighted by Crippen LogP contribution is -2.34. The van der Waals surface area contributed by atoms with Gasteiger partial charge in [0.15, 0.2) is 5.82 Å². The normalized spacial score (nSPS) is 15.9. The molecule has 210 valence electrons. The molecule has 3 heterocycles. The maximum atomic E-state index is 6.37. The second-order valence-electron chi connectivity index (χ2n) is 11.8. The third-order valence-electron chi connectivity index (χ3n) is 8.37. The lowest BCUT2D eigenvalue weighted by Gasteiger charge is -2.33. The van der Waals surface area contributed by atoms with Gasteiger partial charge >= 0.3 is 6.01 Å². The fourth-order valence-corrected chi connectivity index (χ4v) is 6.08. The number of hydrogen-bond donors (Lipinski definition) is 0. The van der Waals surface area contributed by atoms with Gasteiger partial charge in [-0.25, -0.2) is 0 Å². The summed E-state index contributed by atoms with van der Waals surface area (Å²) in [5, 5.41) is 11.0. The van der Waals surface area contributed by atoms with E-state index in [-0.39, 0.29) is 5.41 Å². The number of hydrogen-bond acceptors (Lipinski definition) is 8. The van der Waals surface area contributed by atoms with Crippen LogP contribution in [-0.4, -0.2) is 70.5 Å². The largest absolute Gasteiger partial charge is 0.463 e. The fourth-order valence-electron chi connectivity index (χ4n) is 6.08. The van der Waals surface area contributed by atoms with Crippen molar-refractivity contribution < 1.29 is 4.74 Å². The third-order valence-corrected chi connectivity index (χ3v) is 8.37. The second kappa shape index (κ2) is 10.7. The Morgan fingerprint density at radius 1 is 1.05 bits per heavy atom. The number of aromatic nitrogens is 5. The van der Waals surface area contributed by atoms with Gasteiger partial charge < -0.3 is 24.0 Å². The molecule has 0 atom stereocenters. The molecule has 0 amide bonds. The summed E-state index contributed by atoms with van der Waals surface area (Å²) in [4.78, 5) is 16.9. The van der Waals surface area contributed by atoms with Crippen LogP contribution in [0.15, 0.2) is 42.7 Å². The van der Waals surface area contributed by atoms with Gasteiger partial charge in [-0.05, 0) is 56.8 Å². The number of aryl methyl sites for hydroxylation is 2. The summed E-state index contributed by atoms with van der Waals surface area (Å²) in [5.74, 6) is 1.81. The van der Waals surface area contributed by atoms with Gasteiger partial charge in [0.2, 0.25) is 0 Å². The molecule has 0 N–H and O–H groups in total. The van der Waals surface area contributed by atoms with Crippen LogP contribution >= 0.6 is 0 Å². The minimum Gasteiger partial charge on any atom is -0.463 e. The van der Waals surface area contributed by atoms with Crippen molar-refractivity contribution in [3.63, 3.8) is 0 Å². The smallest absolute Gasteiger partial charge is 0.318 e. The van der Waals surface area contributed by atoms with E-state index in [1.165, 1.54) is 40.4 Å². The summed E-state index contributed by atoms with van der Waals surface area (Å²) in [6, 6.07) is 13.7. The molecule has 0 spiro atoms. The highest BCUT2D eigenvalue weighted by Gasteiger charge is 2.44. The highest BCUT2D eigenvalue weighted by atomic mass is 16.5. The van der Waals surface area contributed by atoms with Crippen LogP contribution < -0.4 is 14.5 Å². The molecule has 0 unspecified atom stereocenters. The summed E-state index contributed by atoms with van der Waals surface area (Å²) in [6.45, 7) is 6.13. The zero-order chi connectivity index (χ0) is 27.9. The number of rotatable bonds is 10. The zero-order valence-corrected chi connectivity index (χ0v) is 24.4. The maximum absolute atomic E-state index is 6.37. The van der Waals surface area contributed by atoms with Crippen molar-refractivity contribution in [1.82, 2.24) is 29.6 Å². The molecular weight excluding hydrogens is 500 g/mol. The monoisotopic (exact) mass is 540 g/mol. The molecule has 40 heavy (non-hydrogen) atoms. The Bertz CT molecular complexity index is 1500. The van der Waals surface area contributed by atoms with Crippen LogP contribution in [0.5, 0.6) is 6.01 Å². The van der Waals surface area contributed by atoms with Crippen molar-refractivity contribution in [1.29, 1.82) is 0 Å². The Kier molecular flexibility index (Phi) is 7.08. The first kappa shape index (κ1) is 26.5. The minimum absolute atomic E-state index is 0.207. The van der Waals surface area contributed by atoms with Crippen molar-refractivity contribution in [3.8, 4) is 6.01 Å². The van der Waals surface area contributed by atoms with Crippen LogP contribution in [0.2, 0.25) is 0 Å². The van der Waals surface area contributed by atoms with E-state index in [0.29, 0.717) is 19.2 Å². The zero-order valence-electron chi connectivity index (χ0n) is 24.4. The van der Waals surface area contributed by atoms with Gasteiger partial charge in [0.05, 0.1) is 25.4 Å². The van der Waals surface area contributed by atoms with E-state index in [1.807, 2.05) is 11.6 Å². The Morgan fingerprint density at radius 3 is 2.55 bits per heavy atom. The minimum atomic E-state index is 0.207. The predicted octanol–water partition coefficient (Wildman–Crippen LogP) is 4.24. The number of benzene rings is 2. The van der Waals surface area contributed by atoms with Crippen LogP contribution in [0, 0.1) is 5.41 Å². The summed E-state index contributed by atoms with van der Waals surface area (Å²) in [5.41, 5.74) is 5.10. The third kappa shape index (κ3) is 5.22. The van der Waals surface area contributed by atoms with E-state index >= 15 is 0 Å². The molecule has 1 aliphatic heterocycles.